The molecule has 7 atom stereocenters. The molecule has 0 spiro atoms. The Bertz CT molecular complexity index is 557. The summed E-state index contributed by atoms with van der Waals surface area (Å²) in [4.78, 5) is 27.8. The first kappa shape index (κ1) is 25.4. The maximum Gasteiger partial charge on any atom is 0.225 e. The normalized spacial score (nSPS) is 34.6. The van der Waals surface area contributed by atoms with Crippen LogP contribution in [0.3, 0.4) is 0 Å². The molecule has 0 bridgehead atoms. The topological polar surface area (TPSA) is 79.9 Å². The van der Waals surface area contributed by atoms with E-state index in [0.717, 1.165) is 25.9 Å². The van der Waals surface area contributed by atoms with Gasteiger partial charge < -0.3 is 20.1 Å². The minimum absolute atomic E-state index is 0.00917. The highest BCUT2D eigenvalue weighted by Gasteiger charge is 2.41. The van der Waals surface area contributed by atoms with Gasteiger partial charge in [-0.15, -0.1) is 11.6 Å². The van der Waals surface area contributed by atoms with Crippen molar-refractivity contribution in [1.29, 1.82) is 0 Å². The van der Waals surface area contributed by atoms with Crippen LogP contribution in [0.1, 0.15) is 40.0 Å². The first-order valence-electron chi connectivity index (χ1n) is 11.2. The summed E-state index contributed by atoms with van der Waals surface area (Å²) in [6.45, 7) is 9.46. The molecule has 2 aliphatic rings. The predicted molar refractivity (Wildman–Crippen MR) is 119 cm³/mol. The molecule has 1 saturated heterocycles. The number of methoxy groups -OCH3 is 2. The van der Waals surface area contributed by atoms with Gasteiger partial charge in [0.1, 0.15) is 0 Å². The molecule has 0 aromatic heterocycles. The molecule has 30 heavy (non-hydrogen) atoms. The van der Waals surface area contributed by atoms with Gasteiger partial charge >= 0.3 is 0 Å². The summed E-state index contributed by atoms with van der Waals surface area (Å²) in [5.41, 5.74) is 0. The van der Waals surface area contributed by atoms with E-state index in [4.69, 9.17) is 21.1 Å². The Hall–Kier alpha value is -0.890. The summed E-state index contributed by atoms with van der Waals surface area (Å²) in [7, 11) is 3.39. The first-order valence-corrected chi connectivity index (χ1v) is 11.7. The van der Waals surface area contributed by atoms with Crippen molar-refractivity contribution in [2.75, 3.05) is 47.1 Å². The zero-order valence-corrected chi connectivity index (χ0v) is 19.9. The molecule has 7 nitrogen and oxygen atoms in total. The van der Waals surface area contributed by atoms with Gasteiger partial charge in [-0.2, -0.15) is 0 Å². The van der Waals surface area contributed by atoms with Crippen molar-refractivity contribution in [2.45, 2.75) is 57.5 Å². The van der Waals surface area contributed by atoms with Crippen LogP contribution in [0.2, 0.25) is 0 Å². The second kappa shape index (κ2) is 12.2. The third kappa shape index (κ3) is 6.81. The molecule has 1 aliphatic carbocycles. The van der Waals surface area contributed by atoms with E-state index in [2.05, 4.69) is 29.4 Å². The molecule has 2 rings (SSSR count). The Labute approximate surface area is 186 Å². The van der Waals surface area contributed by atoms with Crippen molar-refractivity contribution < 1.29 is 19.1 Å². The number of rotatable bonds is 10. The van der Waals surface area contributed by atoms with Crippen LogP contribution >= 0.6 is 11.6 Å². The molecule has 8 heteroatoms. The van der Waals surface area contributed by atoms with Gasteiger partial charge in [0.2, 0.25) is 11.8 Å². The van der Waals surface area contributed by atoms with Crippen LogP contribution in [-0.2, 0) is 19.1 Å². The quantitative estimate of drug-likeness (QED) is 0.502. The van der Waals surface area contributed by atoms with Crippen LogP contribution in [0.4, 0.5) is 0 Å². The number of nitrogens with zero attached hydrogens (tertiary/aromatic N) is 1. The number of carbonyl (C=O) groups excluding carboxylic acids is 2. The van der Waals surface area contributed by atoms with Crippen LogP contribution in [0.5, 0.6) is 0 Å². The Kier molecular flexibility index (Phi) is 10.3. The number of alkyl halides is 1. The lowest BCUT2D eigenvalue weighted by atomic mass is 9.75. The molecule has 1 aliphatic heterocycles. The number of piperidine rings is 1. The fourth-order valence-corrected chi connectivity index (χ4v) is 5.42. The van der Waals surface area contributed by atoms with Gasteiger partial charge in [0.25, 0.3) is 0 Å². The van der Waals surface area contributed by atoms with Crippen molar-refractivity contribution in [3.63, 3.8) is 0 Å². The molecular formula is C22H40ClN3O4. The maximum atomic E-state index is 13.1. The van der Waals surface area contributed by atoms with E-state index in [-0.39, 0.29) is 52.9 Å². The van der Waals surface area contributed by atoms with E-state index in [0.29, 0.717) is 26.2 Å². The average Bonchev–Trinajstić information content (AvgIpc) is 2.68. The number of hydrogen-bond donors (Lipinski definition) is 2. The van der Waals surface area contributed by atoms with Gasteiger partial charge in [-0.25, -0.2) is 0 Å². The Morgan fingerprint density at radius 3 is 2.33 bits per heavy atom. The fraction of sp³-hybridized carbons (Fsp3) is 0.909. The van der Waals surface area contributed by atoms with Crippen molar-refractivity contribution in [2.24, 2.45) is 23.7 Å². The highest BCUT2D eigenvalue weighted by atomic mass is 35.5. The van der Waals surface area contributed by atoms with E-state index in [1.54, 1.807) is 14.2 Å². The number of carbonyl (C=O) groups is 2. The summed E-state index contributed by atoms with van der Waals surface area (Å²) in [5, 5.41) is 6.02. The summed E-state index contributed by atoms with van der Waals surface area (Å²) < 4.78 is 10.6. The van der Waals surface area contributed by atoms with Gasteiger partial charge in [-0.3, -0.25) is 14.5 Å². The highest BCUT2D eigenvalue weighted by Crippen LogP contribution is 2.36. The number of hydrogen-bond acceptors (Lipinski definition) is 5. The predicted octanol–water partition coefficient (Wildman–Crippen LogP) is 1.88. The van der Waals surface area contributed by atoms with Crippen molar-refractivity contribution in [3.8, 4) is 0 Å². The molecule has 7 unspecified atom stereocenters. The van der Waals surface area contributed by atoms with Crippen molar-refractivity contribution in [3.05, 3.63) is 0 Å². The molecule has 0 aromatic carbocycles. The molecule has 2 amide bonds. The van der Waals surface area contributed by atoms with Crippen LogP contribution in [-0.4, -0.2) is 81.2 Å². The molecule has 0 radical (unpaired) electrons. The third-order valence-corrected chi connectivity index (χ3v) is 7.21. The van der Waals surface area contributed by atoms with Crippen LogP contribution < -0.4 is 10.6 Å². The Morgan fingerprint density at radius 2 is 1.77 bits per heavy atom. The van der Waals surface area contributed by atoms with E-state index >= 15 is 0 Å². The van der Waals surface area contributed by atoms with E-state index in [1.165, 1.54) is 0 Å². The lowest BCUT2D eigenvalue weighted by Crippen LogP contribution is -2.54. The van der Waals surface area contributed by atoms with Gasteiger partial charge in [0, 0.05) is 57.2 Å². The van der Waals surface area contributed by atoms with Crippen LogP contribution in [0, 0.1) is 23.7 Å². The Morgan fingerprint density at radius 1 is 1.13 bits per heavy atom. The largest absolute Gasteiger partial charge is 0.383 e. The number of halogens is 1. The van der Waals surface area contributed by atoms with Crippen LogP contribution in [0.25, 0.3) is 0 Å². The van der Waals surface area contributed by atoms with Gasteiger partial charge in [0.15, 0.2) is 0 Å². The Balaban J connectivity index is 2.00. The van der Waals surface area contributed by atoms with E-state index in [1.807, 2.05) is 6.92 Å². The van der Waals surface area contributed by atoms with Gasteiger partial charge in [-0.05, 0) is 38.0 Å². The molecule has 1 heterocycles. The fourth-order valence-electron chi connectivity index (χ4n) is 5.04. The molecule has 174 valence electrons. The second-order valence-corrected chi connectivity index (χ2v) is 9.71. The monoisotopic (exact) mass is 445 g/mol. The molecule has 1 saturated carbocycles. The summed E-state index contributed by atoms with van der Waals surface area (Å²) in [5.74, 6) is 0.120. The SMILES string of the molecule is COCCN(CCOC)C1CC(Cl)CC(C(=O)NCC2C(=O)NC(C)CC2C)C1C. The van der Waals surface area contributed by atoms with Gasteiger partial charge in [0.05, 0.1) is 19.1 Å². The van der Waals surface area contributed by atoms with Gasteiger partial charge in [-0.1, -0.05) is 13.8 Å². The van der Waals surface area contributed by atoms with E-state index < -0.39 is 0 Å². The average molecular weight is 446 g/mol. The zero-order valence-electron chi connectivity index (χ0n) is 19.2. The second-order valence-electron chi connectivity index (χ2n) is 9.10. The third-order valence-electron chi connectivity index (χ3n) is 6.85. The lowest BCUT2D eigenvalue weighted by molar-refractivity contribution is -0.132. The summed E-state index contributed by atoms with van der Waals surface area (Å²) in [6, 6.07) is 0.390. The summed E-state index contributed by atoms with van der Waals surface area (Å²) in [6.07, 6.45) is 2.45. The molecule has 2 fully saturated rings. The maximum absolute atomic E-state index is 13.1. The van der Waals surface area contributed by atoms with Crippen LogP contribution in [0.15, 0.2) is 0 Å². The number of amides is 2. The smallest absolute Gasteiger partial charge is 0.225 e. The number of nitrogens with one attached hydrogen (secondary N) is 2. The first-order chi connectivity index (χ1) is 14.3. The highest BCUT2D eigenvalue weighted by molar-refractivity contribution is 6.20. The molecular weight excluding hydrogens is 406 g/mol. The minimum Gasteiger partial charge on any atom is -0.383 e. The van der Waals surface area contributed by atoms with Crippen molar-refractivity contribution >= 4 is 23.4 Å². The van der Waals surface area contributed by atoms with Crippen molar-refractivity contribution in [1.82, 2.24) is 15.5 Å². The zero-order chi connectivity index (χ0) is 22.3. The van der Waals surface area contributed by atoms with E-state index in [9.17, 15) is 9.59 Å². The lowest BCUT2D eigenvalue weighted by Gasteiger charge is -2.43. The molecule has 0 aromatic rings. The summed E-state index contributed by atoms with van der Waals surface area (Å²) >= 11 is 6.61. The number of ether oxygens (including phenoxy) is 2. The minimum atomic E-state index is -0.174. The standard InChI is InChI=1S/C22H40ClN3O4/c1-14-10-15(2)25-22(28)19(14)13-24-21(27)18-11-17(23)12-20(16(18)3)26(6-8-29-4)7-9-30-5/h14-20H,6-13H2,1-5H3,(H,24,27)(H,25,28). The molecule has 2 N–H and O–H groups in total.